The lowest BCUT2D eigenvalue weighted by Crippen LogP contribution is -2.37. The lowest BCUT2D eigenvalue weighted by atomic mass is 10.1. The van der Waals surface area contributed by atoms with Gasteiger partial charge in [-0.15, -0.1) is 0 Å². The molecule has 28 heavy (non-hydrogen) atoms. The standard InChI is InChI=1S/C20H16F2N2O3S/c1-12-2-4-13(5-3-12)10-17-19(26)24(20(27)28-17)9-8-23-18(25)15-7-6-14(21)11-16(15)22/h2-7,10-11H,8-9H2,1H3,(H,23,25). The molecule has 1 fully saturated rings. The van der Waals surface area contributed by atoms with Crippen molar-refractivity contribution in [3.63, 3.8) is 0 Å². The summed E-state index contributed by atoms with van der Waals surface area (Å²) >= 11 is 0.824. The molecule has 0 aliphatic carbocycles. The van der Waals surface area contributed by atoms with Crippen molar-refractivity contribution in [2.75, 3.05) is 13.1 Å². The average Bonchev–Trinajstić information content (AvgIpc) is 2.91. The third-order valence-corrected chi connectivity index (χ3v) is 4.95. The molecule has 0 bridgehead atoms. The quantitative estimate of drug-likeness (QED) is 0.774. The summed E-state index contributed by atoms with van der Waals surface area (Å²) < 4.78 is 26.5. The second kappa shape index (κ2) is 8.35. The number of imide groups is 1. The van der Waals surface area contributed by atoms with Crippen LogP contribution in [0.15, 0.2) is 47.4 Å². The number of rotatable bonds is 5. The van der Waals surface area contributed by atoms with Gasteiger partial charge in [0.05, 0.1) is 10.5 Å². The van der Waals surface area contributed by atoms with E-state index in [9.17, 15) is 23.2 Å². The Balaban J connectivity index is 1.60. The molecule has 1 aliphatic rings. The molecule has 144 valence electrons. The van der Waals surface area contributed by atoms with Crippen molar-refractivity contribution < 1.29 is 23.2 Å². The number of carbonyl (C=O) groups is 3. The van der Waals surface area contributed by atoms with Gasteiger partial charge >= 0.3 is 0 Å². The Morgan fingerprint density at radius 2 is 1.86 bits per heavy atom. The van der Waals surface area contributed by atoms with Crippen LogP contribution in [0, 0.1) is 18.6 Å². The minimum atomic E-state index is -0.982. The van der Waals surface area contributed by atoms with Crippen LogP contribution in [0.25, 0.3) is 6.08 Å². The van der Waals surface area contributed by atoms with E-state index in [0.29, 0.717) is 11.0 Å². The largest absolute Gasteiger partial charge is 0.350 e. The van der Waals surface area contributed by atoms with Crippen LogP contribution < -0.4 is 5.32 Å². The van der Waals surface area contributed by atoms with E-state index in [1.54, 1.807) is 6.08 Å². The minimum Gasteiger partial charge on any atom is -0.350 e. The monoisotopic (exact) mass is 402 g/mol. The third-order valence-electron chi connectivity index (χ3n) is 4.05. The van der Waals surface area contributed by atoms with Gasteiger partial charge in [0.25, 0.3) is 17.1 Å². The summed E-state index contributed by atoms with van der Waals surface area (Å²) in [6.07, 6.45) is 1.64. The lowest BCUT2D eigenvalue weighted by molar-refractivity contribution is -0.122. The summed E-state index contributed by atoms with van der Waals surface area (Å²) in [5, 5.41) is 1.98. The molecule has 2 aromatic carbocycles. The number of nitrogens with zero attached hydrogens (tertiary/aromatic N) is 1. The van der Waals surface area contributed by atoms with Gasteiger partial charge in [-0.1, -0.05) is 29.8 Å². The van der Waals surface area contributed by atoms with E-state index in [0.717, 1.165) is 39.9 Å². The molecule has 0 unspecified atom stereocenters. The Kier molecular flexibility index (Phi) is 5.89. The molecule has 1 N–H and O–H groups in total. The van der Waals surface area contributed by atoms with Crippen molar-refractivity contribution in [1.29, 1.82) is 0 Å². The summed E-state index contributed by atoms with van der Waals surface area (Å²) in [5.74, 6) is -2.96. The van der Waals surface area contributed by atoms with Gasteiger partial charge in [-0.2, -0.15) is 0 Å². The Labute approximate surface area is 164 Å². The molecule has 8 heteroatoms. The van der Waals surface area contributed by atoms with Crippen molar-refractivity contribution in [2.45, 2.75) is 6.92 Å². The summed E-state index contributed by atoms with van der Waals surface area (Å²) in [4.78, 5) is 37.8. The van der Waals surface area contributed by atoms with Crippen LogP contribution >= 0.6 is 11.8 Å². The number of hydrogen-bond acceptors (Lipinski definition) is 4. The number of thioether (sulfide) groups is 1. The van der Waals surface area contributed by atoms with Crippen LogP contribution in [0.2, 0.25) is 0 Å². The number of aryl methyl sites for hydroxylation is 1. The highest BCUT2D eigenvalue weighted by atomic mass is 32.2. The number of hydrogen-bond donors (Lipinski definition) is 1. The van der Waals surface area contributed by atoms with Crippen molar-refractivity contribution in [3.05, 3.63) is 75.7 Å². The van der Waals surface area contributed by atoms with E-state index in [1.165, 1.54) is 0 Å². The van der Waals surface area contributed by atoms with Gasteiger partial charge in [0.1, 0.15) is 11.6 Å². The number of amides is 3. The highest BCUT2D eigenvalue weighted by Gasteiger charge is 2.34. The van der Waals surface area contributed by atoms with E-state index < -0.39 is 28.7 Å². The number of nitrogens with one attached hydrogen (secondary N) is 1. The van der Waals surface area contributed by atoms with E-state index >= 15 is 0 Å². The van der Waals surface area contributed by atoms with Crippen molar-refractivity contribution in [3.8, 4) is 0 Å². The van der Waals surface area contributed by atoms with Crippen molar-refractivity contribution >= 4 is 34.9 Å². The van der Waals surface area contributed by atoms with Crippen LogP contribution in [0.5, 0.6) is 0 Å². The van der Waals surface area contributed by atoms with E-state index in [2.05, 4.69) is 5.32 Å². The average molecular weight is 402 g/mol. The van der Waals surface area contributed by atoms with Crippen LogP contribution in [0.1, 0.15) is 21.5 Å². The first-order chi connectivity index (χ1) is 13.3. The molecular weight excluding hydrogens is 386 g/mol. The van der Waals surface area contributed by atoms with Crippen LogP contribution in [-0.2, 0) is 4.79 Å². The fourth-order valence-electron chi connectivity index (χ4n) is 2.56. The summed E-state index contributed by atoms with van der Waals surface area (Å²) in [6, 6.07) is 10.1. The molecule has 0 spiro atoms. The highest BCUT2D eigenvalue weighted by Crippen LogP contribution is 2.31. The molecule has 1 aliphatic heterocycles. The predicted molar refractivity (Wildman–Crippen MR) is 103 cm³/mol. The second-order valence-electron chi connectivity index (χ2n) is 6.12. The van der Waals surface area contributed by atoms with Gasteiger partial charge in [0, 0.05) is 19.2 Å². The molecule has 0 aromatic heterocycles. The first-order valence-electron chi connectivity index (χ1n) is 8.40. The van der Waals surface area contributed by atoms with Crippen molar-refractivity contribution in [2.24, 2.45) is 0 Å². The maximum atomic E-state index is 13.6. The zero-order chi connectivity index (χ0) is 20.3. The van der Waals surface area contributed by atoms with E-state index in [4.69, 9.17) is 0 Å². The van der Waals surface area contributed by atoms with Gasteiger partial charge < -0.3 is 5.32 Å². The maximum Gasteiger partial charge on any atom is 0.293 e. The molecule has 0 radical (unpaired) electrons. The first kappa shape index (κ1) is 19.8. The Bertz CT molecular complexity index is 974. The molecule has 5 nitrogen and oxygen atoms in total. The zero-order valence-corrected chi connectivity index (χ0v) is 15.7. The third kappa shape index (κ3) is 4.45. The van der Waals surface area contributed by atoms with E-state index in [-0.39, 0.29) is 18.7 Å². The molecule has 2 aromatic rings. The second-order valence-corrected chi connectivity index (χ2v) is 7.12. The Hall–Kier alpha value is -3.00. The molecule has 0 atom stereocenters. The fraction of sp³-hybridized carbons (Fsp3) is 0.150. The van der Waals surface area contributed by atoms with Gasteiger partial charge in [0.2, 0.25) is 0 Å². The Morgan fingerprint density at radius 1 is 1.14 bits per heavy atom. The van der Waals surface area contributed by atoms with Crippen molar-refractivity contribution in [1.82, 2.24) is 10.2 Å². The van der Waals surface area contributed by atoms with Crippen LogP contribution in [0.4, 0.5) is 13.6 Å². The van der Waals surface area contributed by atoms with Gasteiger partial charge in [-0.3, -0.25) is 19.3 Å². The zero-order valence-electron chi connectivity index (χ0n) is 14.9. The molecule has 1 saturated heterocycles. The molecule has 3 rings (SSSR count). The number of benzene rings is 2. The fourth-order valence-corrected chi connectivity index (χ4v) is 3.42. The SMILES string of the molecule is Cc1ccc(C=C2SC(=O)N(CCNC(=O)c3ccc(F)cc3F)C2=O)cc1. The minimum absolute atomic E-state index is 0.0501. The predicted octanol–water partition coefficient (Wildman–Crippen LogP) is 3.74. The number of carbonyl (C=O) groups excluding carboxylic acids is 3. The first-order valence-corrected chi connectivity index (χ1v) is 9.22. The molecular formula is C20H16F2N2O3S. The number of halogens is 2. The summed E-state index contributed by atoms with van der Waals surface area (Å²) in [7, 11) is 0. The van der Waals surface area contributed by atoms with Gasteiger partial charge in [-0.25, -0.2) is 8.78 Å². The normalized spacial score (nSPS) is 15.4. The van der Waals surface area contributed by atoms with E-state index in [1.807, 2.05) is 31.2 Å². The molecule has 1 heterocycles. The highest BCUT2D eigenvalue weighted by molar-refractivity contribution is 8.18. The summed E-state index contributed by atoms with van der Waals surface area (Å²) in [5.41, 5.74) is 1.57. The summed E-state index contributed by atoms with van der Waals surface area (Å²) in [6.45, 7) is 1.85. The molecule has 0 saturated carbocycles. The molecule has 3 amide bonds. The van der Waals surface area contributed by atoms with Crippen LogP contribution in [0.3, 0.4) is 0 Å². The van der Waals surface area contributed by atoms with Gasteiger partial charge in [0.15, 0.2) is 0 Å². The topological polar surface area (TPSA) is 66.5 Å². The Morgan fingerprint density at radius 3 is 2.54 bits per heavy atom. The maximum absolute atomic E-state index is 13.6. The van der Waals surface area contributed by atoms with Gasteiger partial charge in [-0.05, 0) is 42.5 Å². The lowest BCUT2D eigenvalue weighted by Gasteiger charge is -2.13. The van der Waals surface area contributed by atoms with Crippen LogP contribution in [-0.4, -0.2) is 35.0 Å². The smallest absolute Gasteiger partial charge is 0.293 e.